The zero-order valence-electron chi connectivity index (χ0n) is 11.5. The van der Waals surface area contributed by atoms with Crippen LogP contribution in [-0.2, 0) is 0 Å². The van der Waals surface area contributed by atoms with E-state index in [4.69, 9.17) is 4.42 Å². The Labute approximate surface area is 122 Å². The van der Waals surface area contributed by atoms with E-state index in [0.717, 1.165) is 19.5 Å². The lowest BCUT2D eigenvalue weighted by atomic mass is 10.0. The summed E-state index contributed by atoms with van der Waals surface area (Å²) < 4.78 is 5.96. The number of piperidine rings is 1. The van der Waals surface area contributed by atoms with Gasteiger partial charge in [-0.2, -0.15) is 0 Å². The number of amides is 1. The van der Waals surface area contributed by atoms with Gasteiger partial charge in [0.05, 0.1) is 0 Å². The summed E-state index contributed by atoms with van der Waals surface area (Å²) in [5.74, 6) is 0.365. The Hall–Kier alpha value is -0.810. The van der Waals surface area contributed by atoms with Crippen LogP contribution in [0.1, 0.15) is 43.7 Å². The molecule has 0 aromatic carbocycles. The summed E-state index contributed by atoms with van der Waals surface area (Å²) in [5, 5.41) is 3.48. The quantitative estimate of drug-likeness (QED) is 0.923. The Balaban J connectivity index is 2.04. The summed E-state index contributed by atoms with van der Waals surface area (Å²) in [6.45, 7) is 5.88. The summed E-state index contributed by atoms with van der Waals surface area (Å²) >= 11 is 3.24. The fourth-order valence-corrected chi connectivity index (χ4v) is 2.72. The Bertz CT molecular complexity index is 425. The van der Waals surface area contributed by atoms with Gasteiger partial charge in [-0.05, 0) is 61.3 Å². The number of hydrogen-bond acceptors (Lipinski definition) is 3. The molecule has 0 spiro atoms. The van der Waals surface area contributed by atoms with Gasteiger partial charge in [0.2, 0.25) is 0 Å². The Morgan fingerprint density at radius 2 is 2.32 bits per heavy atom. The van der Waals surface area contributed by atoms with Crippen LogP contribution in [0.15, 0.2) is 21.2 Å². The maximum atomic E-state index is 12.5. The van der Waals surface area contributed by atoms with E-state index >= 15 is 0 Å². The second kappa shape index (κ2) is 6.57. The van der Waals surface area contributed by atoms with Crippen molar-refractivity contribution in [3.05, 3.63) is 22.6 Å². The second-order valence-electron chi connectivity index (χ2n) is 5.30. The molecule has 2 heterocycles. The van der Waals surface area contributed by atoms with Crippen LogP contribution in [-0.4, -0.2) is 36.0 Å². The van der Waals surface area contributed by atoms with Gasteiger partial charge in [0.1, 0.15) is 0 Å². The lowest BCUT2D eigenvalue weighted by molar-refractivity contribution is 0.0643. The highest BCUT2D eigenvalue weighted by molar-refractivity contribution is 9.10. The van der Waals surface area contributed by atoms with Crippen molar-refractivity contribution in [2.45, 2.75) is 45.2 Å². The standard InChI is InChI=1S/C14H21BrN2O2/c1-10(2)17(9-11-5-3-4-8-16-11)14(18)12-6-7-13(15)19-12/h6-7,10-11,16H,3-5,8-9H2,1-2H3. The molecule has 1 aliphatic heterocycles. The monoisotopic (exact) mass is 328 g/mol. The zero-order valence-corrected chi connectivity index (χ0v) is 13.1. The van der Waals surface area contributed by atoms with Crippen LogP contribution in [0.3, 0.4) is 0 Å². The average Bonchev–Trinajstić information content (AvgIpc) is 2.83. The van der Waals surface area contributed by atoms with Gasteiger partial charge >= 0.3 is 0 Å². The molecule has 19 heavy (non-hydrogen) atoms. The summed E-state index contributed by atoms with van der Waals surface area (Å²) in [6.07, 6.45) is 3.61. The third-order valence-electron chi connectivity index (χ3n) is 3.50. The van der Waals surface area contributed by atoms with Crippen LogP contribution in [0.5, 0.6) is 0 Å². The van der Waals surface area contributed by atoms with Crippen molar-refractivity contribution in [2.75, 3.05) is 13.1 Å². The molecule has 1 atom stereocenters. The summed E-state index contributed by atoms with van der Waals surface area (Å²) in [6, 6.07) is 4.04. The van der Waals surface area contributed by atoms with Gasteiger partial charge < -0.3 is 14.6 Å². The fourth-order valence-electron chi connectivity index (χ4n) is 2.42. The minimum absolute atomic E-state index is 0.0342. The van der Waals surface area contributed by atoms with Crippen molar-refractivity contribution in [3.8, 4) is 0 Å². The van der Waals surface area contributed by atoms with Crippen LogP contribution in [0, 0.1) is 0 Å². The number of carbonyl (C=O) groups excluding carboxylic acids is 1. The van der Waals surface area contributed by atoms with Crippen molar-refractivity contribution < 1.29 is 9.21 Å². The van der Waals surface area contributed by atoms with Crippen molar-refractivity contribution in [3.63, 3.8) is 0 Å². The maximum Gasteiger partial charge on any atom is 0.289 e. The molecule has 1 saturated heterocycles. The predicted octanol–water partition coefficient (Wildman–Crippen LogP) is 3.03. The fraction of sp³-hybridized carbons (Fsp3) is 0.643. The molecule has 0 bridgehead atoms. The molecular formula is C14H21BrN2O2. The van der Waals surface area contributed by atoms with E-state index in [1.54, 1.807) is 12.1 Å². The molecule has 1 unspecified atom stereocenters. The van der Waals surface area contributed by atoms with Crippen LogP contribution < -0.4 is 5.32 Å². The number of nitrogens with one attached hydrogen (secondary N) is 1. The second-order valence-corrected chi connectivity index (χ2v) is 6.08. The molecule has 1 amide bonds. The van der Waals surface area contributed by atoms with E-state index in [2.05, 4.69) is 21.2 Å². The Kier molecular flexibility index (Phi) is 5.05. The summed E-state index contributed by atoms with van der Waals surface area (Å²) in [5.41, 5.74) is 0. The number of nitrogens with zero attached hydrogens (tertiary/aromatic N) is 1. The molecule has 1 aromatic heterocycles. The van der Waals surface area contributed by atoms with Gasteiger partial charge in [-0.1, -0.05) is 6.42 Å². The minimum Gasteiger partial charge on any atom is -0.444 e. The van der Waals surface area contributed by atoms with Gasteiger partial charge in [0, 0.05) is 18.6 Å². The van der Waals surface area contributed by atoms with Crippen LogP contribution in [0.2, 0.25) is 0 Å². The molecule has 106 valence electrons. The normalized spacial score (nSPS) is 19.7. The SMILES string of the molecule is CC(C)N(CC1CCCCN1)C(=O)c1ccc(Br)o1. The van der Waals surface area contributed by atoms with E-state index in [0.29, 0.717) is 16.5 Å². The molecule has 0 saturated carbocycles. The van der Waals surface area contributed by atoms with E-state index < -0.39 is 0 Å². The van der Waals surface area contributed by atoms with Gasteiger partial charge in [-0.25, -0.2) is 0 Å². The van der Waals surface area contributed by atoms with E-state index in [9.17, 15) is 4.79 Å². The van der Waals surface area contributed by atoms with E-state index in [1.165, 1.54) is 12.8 Å². The van der Waals surface area contributed by atoms with Crippen LogP contribution >= 0.6 is 15.9 Å². The van der Waals surface area contributed by atoms with Crippen molar-refractivity contribution in [1.29, 1.82) is 0 Å². The Morgan fingerprint density at radius 1 is 1.53 bits per heavy atom. The number of furan rings is 1. The van der Waals surface area contributed by atoms with Crippen molar-refractivity contribution >= 4 is 21.8 Å². The molecular weight excluding hydrogens is 308 g/mol. The molecule has 1 N–H and O–H groups in total. The summed E-state index contributed by atoms with van der Waals surface area (Å²) in [7, 11) is 0. The van der Waals surface area contributed by atoms with Crippen molar-refractivity contribution in [1.82, 2.24) is 10.2 Å². The van der Waals surface area contributed by atoms with Crippen molar-refractivity contribution in [2.24, 2.45) is 0 Å². The third-order valence-corrected chi connectivity index (χ3v) is 3.92. The van der Waals surface area contributed by atoms with Gasteiger partial charge in [-0.3, -0.25) is 4.79 Å². The molecule has 0 aliphatic carbocycles. The molecule has 1 aliphatic rings. The smallest absolute Gasteiger partial charge is 0.289 e. The molecule has 2 rings (SSSR count). The minimum atomic E-state index is -0.0342. The number of halogens is 1. The maximum absolute atomic E-state index is 12.5. The summed E-state index contributed by atoms with van der Waals surface area (Å²) in [4.78, 5) is 14.3. The molecule has 1 aromatic rings. The zero-order chi connectivity index (χ0) is 13.8. The highest BCUT2D eigenvalue weighted by Gasteiger charge is 2.25. The highest BCUT2D eigenvalue weighted by Crippen LogP contribution is 2.18. The van der Waals surface area contributed by atoms with Gasteiger partial charge in [0.25, 0.3) is 5.91 Å². The number of hydrogen-bond donors (Lipinski definition) is 1. The average molecular weight is 329 g/mol. The van der Waals surface area contributed by atoms with Gasteiger partial charge in [-0.15, -0.1) is 0 Å². The molecule has 1 fully saturated rings. The lowest BCUT2D eigenvalue weighted by Crippen LogP contribution is -2.48. The van der Waals surface area contributed by atoms with Crippen LogP contribution in [0.25, 0.3) is 0 Å². The first-order valence-corrected chi connectivity index (χ1v) is 7.67. The third kappa shape index (κ3) is 3.83. The van der Waals surface area contributed by atoms with Gasteiger partial charge in [0.15, 0.2) is 10.4 Å². The van der Waals surface area contributed by atoms with E-state index in [-0.39, 0.29) is 11.9 Å². The predicted molar refractivity (Wildman–Crippen MR) is 78.2 cm³/mol. The largest absolute Gasteiger partial charge is 0.444 e. The molecule has 4 nitrogen and oxygen atoms in total. The first kappa shape index (κ1) is 14.6. The topological polar surface area (TPSA) is 45.5 Å². The number of carbonyl (C=O) groups is 1. The highest BCUT2D eigenvalue weighted by atomic mass is 79.9. The first-order valence-electron chi connectivity index (χ1n) is 6.87. The lowest BCUT2D eigenvalue weighted by Gasteiger charge is -2.32. The van der Waals surface area contributed by atoms with Crippen LogP contribution in [0.4, 0.5) is 0 Å². The first-order chi connectivity index (χ1) is 9.08. The molecule has 5 heteroatoms. The van der Waals surface area contributed by atoms with E-state index in [1.807, 2.05) is 18.7 Å². The molecule has 0 radical (unpaired) electrons. The Morgan fingerprint density at radius 3 is 2.84 bits per heavy atom. The number of rotatable bonds is 4.